The molecule has 0 saturated carbocycles. The Hall–Kier alpha value is -3.58. The van der Waals surface area contributed by atoms with Crippen LogP contribution in [0, 0.1) is 11.7 Å². The van der Waals surface area contributed by atoms with Crippen LogP contribution in [0.3, 0.4) is 0 Å². The molecule has 2 aliphatic heterocycles. The van der Waals surface area contributed by atoms with Crippen molar-refractivity contribution in [3.63, 3.8) is 0 Å². The Labute approximate surface area is 194 Å². The molecule has 33 heavy (non-hydrogen) atoms. The highest BCUT2D eigenvalue weighted by molar-refractivity contribution is 6.31. The minimum atomic E-state index is -0.702. The number of hydrogen-bond acceptors (Lipinski definition) is 4. The zero-order valence-corrected chi connectivity index (χ0v) is 18.2. The Morgan fingerprint density at radius 2 is 1.88 bits per heavy atom. The molecule has 8 heteroatoms. The number of fused-ring (bicyclic) bond motifs is 1. The van der Waals surface area contributed by atoms with Crippen LogP contribution in [0.1, 0.15) is 23.6 Å². The van der Waals surface area contributed by atoms with Gasteiger partial charge in [0.15, 0.2) is 11.5 Å². The van der Waals surface area contributed by atoms with Gasteiger partial charge in [-0.05, 0) is 53.6 Å². The van der Waals surface area contributed by atoms with Crippen LogP contribution in [-0.4, -0.2) is 18.6 Å². The van der Waals surface area contributed by atoms with E-state index in [-0.39, 0.29) is 31.6 Å². The fourth-order valence-corrected chi connectivity index (χ4v) is 4.53. The van der Waals surface area contributed by atoms with Gasteiger partial charge in [-0.2, -0.15) is 0 Å². The van der Waals surface area contributed by atoms with Crippen molar-refractivity contribution in [1.29, 1.82) is 0 Å². The summed E-state index contributed by atoms with van der Waals surface area (Å²) in [6.07, 6.45) is 0.000660. The molecule has 2 aliphatic rings. The van der Waals surface area contributed by atoms with E-state index < -0.39 is 17.8 Å². The molecule has 1 fully saturated rings. The first-order valence-electron chi connectivity index (χ1n) is 10.5. The van der Waals surface area contributed by atoms with Crippen molar-refractivity contribution in [1.82, 2.24) is 5.32 Å². The number of rotatable bonds is 5. The summed E-state index contributed by atoms with van der Waals surface area (Å²) in [5.74, 6) is -0.364. The van der Waals surface area contributed by atoms with Crippen LogP contribution in [0.5, 0.6) is 11.5 Å². The molecule has 1 saturated heterocycles. The van der Waals surface area contributed by atoms with E-state index in [0.717, 1.165) is 5.56 Å². The number of hydrogen-bond donors (Lipinski definition) is 1. The third-order valence-electron chi connectivity index (χ3n) is 5.84. The van der Waals surface area contributed by atoms with Crippen molar-refractivity contribution in [2.75, 3.05) is 11.7 Å². The molecule has 168 valence electrons. The average Bonchev–Trinajstić information content (AvgIpc) is 3.41. The third kappa shape index (κ3) is 4.24. The summed E-state index contributed by atoms with van der Waals surface area (Å²) in [4.78, 5) is 27.8. The maximum Gasteiger partial charge on any atom is 0.231 e. The minimum absolute atomic E-state index is 0.000660. The number of carbonyl (C=O) groups excluding carboxylic acids is 2. The number of nitrogens with one attached hydrogen (secondary N) is 1. The molecule has 6 nitrogen and oxygen atoms in total. The molecular formula is C25H20ClFN2O4. The lowest BCUT2D eigenvalue weighted by molar-refractivity contribution is -0.127. The summed E-state index contributed by atoms with van der Waals surface area (Å²) in [6.45, 7) is 0.428. The van der Waals surface area contributed by atoms with Gasteiger partial charge in [0, 0.05) is 23.7 Å². The average molecular weight is 467 g/mol. The standard InChI is InChI=1S/C25H20ClFN2O4/c26-17-4-2-6-19(11-17)29-23(30)12-20(24(29)16-3-1-5-18(27)10-16)25(31)28-13-15-7-8-21-22(9-15)33-14-32-21/h1-11,20,24H,12-14H2,(H,28,31)/t20-,24+/m0/s1. The highest BCUT2D eigenvalue weighted by Crippen LogP contribution is 2.42. The predicted octanol–water partition coefficient (Wildman–Crippen LogP) is 4.62. The lowest BCUT2D eigenvalue weighted by Crippen LogP contribution is -2.35. The molecule has 0 spiro atoms. The van der Waals surface area contributed by atoms with E-state index in [1.54, 1.807) is 42.5 Å². The molecule has 3 aromatic rings. The largest absolute Gasteiger partial charge is 0.454 e. The normalized spacial score (nSPS) is 19.1. The first-order chi connectivity index (χ1) is 16.0. The summed E-state index contributed by atoms with van der Waals surface area (Å²) in [5, 5.41) is 3.38. The van der Waals surface area contributed by atoms with Crippen LogP contribution in [-0.2, 0) is 16.1 Å². The molecule has 0 bridgehead atoms. The Morgan fingerprint density at radius 3 is 2.70 bits per heavy atom. The Balaban J connectivity index is 1.42. The van der Waals surface area contributed by atoms with E-state index in [4.69, 9.17) is 21.1 Å². The van der Waals surface area contributed by atoms with Crippen LogP contribution < -0.4 is 19.7 Å². The molecule has 0 aliphatic carbocycles. The predicted molar refractivity (Wildman–Crippen MR) is 121 cm³/mol. The first-order valence-corrected chi connectivity index (χ1v) is 10.9. The number of nitrogens with zero attached hydrogens (tertiary/aromatic N) is 1. The summed E-state index contributed by atoms with van der Waals surface area (Å²) in [6, 6.07) is 17.6. The van der Waals surface area contributed by atoms with Crippen LogP contribution in [0.15, 0.2) is 66.7 Å². The Bertz CT molecular complexity index is 1230. The monoisotopic (exact) mass is 466 g/mol. The van der Waals surface area contributed by atoms with Gasteiger partial charge < -0.3 is 19.7 Å². The van der Waals surface area contributed by atoms with Gasteiger partial charge in [0.25, 0.3) is 0 Å². The molecule has 1 N–H and O–H groups in total. The Morgan fingerprint density at radius 1 is 1.06 bits per heavy atom. The second-order valence-corrected chi connectivity index (χ2v) is 8.40. The fourth-order valence-electron chi connectivity index (χ4n) is 4.34. The van der Waals surface area contributed by atoms with E-state index >= 15 is 0 Å². The molecule has 0 aromatic heterocycles. The third-order valence-corrected chi connectivity index (χ3v) is 6.07. The van der Waals surface area contributed by atoms with Crippen molar-refractivity contribution in [3.8, 4) is 11.5 Å². The highest BCUT2D eigenvalue weighted by Gasteiger charge is 2.45. The number of ether oxygens (including phenoxy) is 2. The first kappa shape index (κ1) is 21.3. The van der Waals surface area contributed by atoms with Gasteiger partial charge in [0.1, 0.15) is 5.82 Å². The maximum atomic E-state index is 14.1. The molecule has 2 amide bonds. The van der Waals surface area contributed by atoms with Gasteiger partial charge in [-0.25, -0.2) is 4.39 Å². The highest BCUT2D eigenvalue weighted by atomic mass is 35.5. The molecule has 5 rings (SSSR count). The SMILES string of the molecule is O=C(NCc1ccc2c(c1)OCO2)[C@H]1CC(=O)N(c2cccc(Cl)c2)[C@@H]1c1cccc(F)c1. The molecular weight excluding hydrogens is 447 g/mol. The zero-order chi connectivity index (χ0) is 22.9. The van der Waals surface area contributed by atoms with Crippen molar-refractivity contribution in [2.24, 2.45) is 5.92 Å². The summed E-state index contributed by atoms with van der Waals surface area (Å²) < 4.78 is 24.8. The van der Waals surface area contributed by atoms with Crippen LogP contribution in [0.25, 0.3) is 0 Å². The second kappa shape index (κ2) is 8.75. The van der Waals surface area contributed by atoms with E-state index in [9.17, 15) is 14.0 Å². The smallest absolute Gasteiger partial charge is 0.231 e. The molecule has 0 radical (unpaired) electrons. The number of carbonyl (C=O) groups is 2. The van der Waals surface area contributed by atoms with E-state index in [2.05, 4.69) is 5.32 Å². The molecule has 0 unspecified atom stereocenters. The van der Waals surface area contributed by atoms with Crippen molar-refractivity contribution in [2.45, 2.75) is 19.0 Å². The molecule has 3 aromatic carbocycles. The summed E-state index contributed by atoms with van der Waals surface area (Å²) >= 11 is 6.15. The zero-order valence-electron chi connectivity index (χ0n) is 17.5. The van der Waals surface area contributed by atoms with Gasteiger partial charge in [0.05, 0.1) is 12.0 Å². The van der Waals surface area contributed by atoms with Crippen LogP contribution in [0.2, 0.25) is 5.02 Å². The van der Waals surface area contributed by atoms with Gasteiger partial charge in [-0.1, -0.05) is 35.9 Å². The van der Waals surface area contributed by atoms with E-state index in [1.165, 1.54) is 17.0 Å². The number of benzene rings is 3. The van der Waals surface area contributed by atoms with Crippen molar-refractivity contribution in [3.05, 3.63) is 88.7 Å². The summed E-state index contributed by atoms with van der Waals surface area (Å²) in [5.41, 5.74) is 1.95. The maximum absolute atomic E-state index is 14.1. The van der Waals surface area contributed by atoms with Crippen molar-refractivity contribution < 1.29 is 23.5 Å². The quantitative estimate of drug-likeness (QED) is 0.596. The van der Waals surface area contributed by atoms with Gasteiger partial charge in [0.2, 0.25) is 18.6 Å². The molecule has 2 atom stereocenters. The molecule has 2 heterocycles. The van der Waals surface area contributed by atoms with Gasteiger partial charge >= 0.3 is 0 Å². The van der Waals surface area contributed by atoms with E-state index in [0.29, 0.717) is 27.8 Å². The Kier molecular flexibility index (Phi) is 5.64. The van der Waals surface area contributed by atoms with Gasteiger partial charge in [-0.15, -0.1) is 0 Å². The van der Waals surface area contributed by atoms with Gasteiger partial charge in [-0.3, -0.25) is 9.59 Å². The van der Waals surface area contributed by atoms with Crippen LogP contribution in [0.4, 0.5) is 10.1 Å². The lowest BCUT2D eigenvalue weighted by Gasteiger charge is -2.28. The van der Waals surface area contributed by atoms with E-state index in [1.807, 2.05) is 12.1 Å². The lowest BCUT2D eigenvalue weighted by atomic mass is 9.92. The fraction of sp³-hybridized carbons (Fsp3) is 0.200. The number of anilines is 1. The number of halogens is 2. The van der Waals surface area contributed by atoms with Crippen LogP contribution >= 0.6 is 11.6 Å². The van der Waals surface area contributed by atoms with Crippen molar-refractivity contribution >= 4 is 29.1 Å². The summed E-state index contributed by atoms with van der Waals surface area (Å²) in [7, 11) is 0. The minimum Gasteiger partial charge on any atom is -0.454 e. The topological polar surface area (TPSA) is 67.9 Å². The second-order valence-electron chi connectivity index (χ2n) is 7.96. The number of amides is 2.